The number of hydrogen-bond acceptors (Lipinski definition) is 4. The van der Waals surface area contributed by atoms with Crippen molar-refractivity contribution in [3.8, 4) is 0 Å². The zero-order valence-electron chi connectivity index (χ0n) is 13.8. The van der Waals surface area contributed by atoms with Crippen molar-refractivity contribution in [3.63, 3.8) is 0 Å². The SMILES string of the molecule is CO[C@H]1CCN(c2ccc(NC(=O)CSC3CCCC3)cc2)C1. The van der Waals surface area contributed by atoms with Crippen molar-refractivity contribution >= 4 is 29.0 Å². The standard InChI is InChI=1S/C18H26N2O2S/c1-22-16-10-11-20(12-16)15-8-6-14(7-9-15)19-18(21)13-23-17-4-2-3-5-17/h6-9,16-17H,2-5,10-13H2,1H3,(H,19,21)/t16-/m0/s1. The Hall–Kier alpha value is -1.20. The van der Waals surface area contributed by atoms with Gasteiger partial charge in [0.05, 0.1) is 11.9 Å². The smallest absolute Gasteiger partial charge is 0.234 e. The van der Waals surface area contributed by atoms with Gasteiger partial charge >= 0.3 is 0 Å². The maximum Gasteiger partial charge on any atom is 0.234 e. The molecule has 126 valence electrons. The van der Waals surface area contributed by atoms with E-state index in [0.29, 0.717) is 17.1 Å². The number of hydrogen-bond donors (Lipinski definition) is 1. The van der Waals surface area contributed by atoms with Gasteiger partial charge in [0.2, 0.25) is 5.91 Å². The third-order valence-corrected chi connectivity index (χ3v) is 6.12. The molecule has 1 saturated heterocycles. The minimum absolute atomic E-state index is 0.107. The maximum absolute atomic E-state index is 12.0. The van der Waals surface area contributed by atoms with Gasteiger partial charge in [0.1, 0.15) is 0 Å². The van der Waals surface area contributed by atoms with E-state index >= 15 is 0 Å². The highest BCUT2D eigenvalue weighted by molar-refractivity contribution is 8.00. The van der Waals surface area contributed by atoms with Crippen LogP contribution in [0.1, 0.15) is 32.1 Å². The Morgan fingerprint density at radius 2 is 2.00 bits per heavy atom. The quantitative estimate of drug-likeness (QED) is 0.864. The summed E-state index contributed by atoms with van der Waals surface area (Å²) in [6.45, 7) is 1.97. The molecule has 0 aromatic heterocycles. The van der Waals surface area contributed by atoms with E-state index in [2.05, 4.69) is 22.3 Å². The Kier molecular flexibility index (Phi) is 5.84. The molecule has 1 N–H and O–H groups in total. The van der Waals surface area contributed by atoms with Crippen LogP contribution in [-0.2, 0) is 9.53 Å². The lowest BCUT2D eigenvalue weighted by Gasteiger charge is -2.18. The van der Waals surface area contributed by atoms with Crippen molar-refractivity contribution in [3.05, 3.63) is 24.3 Å². The van der Waals surface area contributed by atoms with E-state index in [4.69, 9.17) is 4.74 Å². The highest BCUT2D eigenvalue weighted by Crippen LogP contribution is 2.29. The molecule has 1 aromatic rings. The summed E-state index contributed by atoms with van der Waals surface area (Å²) in [5, 5.41) is 3.69. The zero-order chi connectivity index (χ0) is 16.1. The number of amides is 1. The third-order valence-electron chi connectivity index (χ3n) is 4.75. The number of carbonyl (C=O) groups excluding carboxylic acids is 1. The highest BCUT2D eigenvalue weighted by atomic mass is 32.2. The molecule has 0 radical (unpaired) electrons. The second-order valence-corrected chi connectivity index (χ2v) is 7.69. The van der Waals surface area contributed by atoms with Crippen LogP contribution in [-0.4, -0.2) is 43.2 Å². The Morgan fingerprint density at radius 3 is 2.65 bits per heavy atom. The van der Waals surface area contributed by atoms with Crippen molar-refractivity contribution in [1.82, 2.24) is 0 Å². The van der Waals surface area contributed by atoms with E-state index in [1.807, 2.05) is 12.1 Å². The van der Waals surface area contributed by atoms with E-state index < -0.39 is 0 Å². The number of rotatable bonds is 6. The normalized spacial score (nSPS) is 21.8. The van der Waals surface area contributed by atoms with Crippen LogP contribution in [0.3, 0.4) is 0 Å². The highest BCUT2D eigenvalue weighted by Gasteiger charge is 2.22. The third kappa shape index (κ3) is 4.64. The average Bonchev–Trinajstić information content (AvgIpc) is 3.25. The lowest BCUT2D eigenvalue weighted by molar-refractivity contribution is -0.113. The molecule has 5 heteroatoms. The molecule has 1 atom stereocenters. The average molecular weight is 334 g/mol. The number of anilines is 2. The first-order valence-electron chi connectivity index (χ1n) is 8.54. The number of methoxy groups -OCH3 is 1. The molecule has 4 nitrogen and oxygen atoms in total. The van der Waals surface area contributed by atoms with Crippen LogP contribution in [0.15, 0.2) is 24.3 Å². The molecular weight excluding hydrogens is 308 g/mol. The predicted octanol–water partition coefficient (Wildman–Crippen LogP) is 3.53. The Balaban J connectivity index is 1.46. The van der Waals surface area contributed by atoms with Gasteiger partial charge in [-0.3, -0.25) is 4.79 Å². The number of ether oxygens (including phenoxy) is 1. The molecule has 0 spiro atoms. The number of benzene rings is 1. The van der Waals surface area contributed by atoms with Gasteiger partial charge in [-0.05, 0) is 43.5 Å². The maximum atomic E-state index is 12.0. The summed E-state index contributed by atoms with van der Waals surface area (Å²) in [5.74, 6) is 0.670. The first-order chi connectivity index (χ1) is 11.2. The van der Waals surface area contributed by atoms with Crippen LogP contribution in [0.5, 0.6) is 0 Å². The van der Waals surface area contributed by atoms with Crippen LogP contribution in [0.2, 0.25) is 0 Å². The summed E-state index contributed by atoms with van der Waals surface area (Å²) in [6.07, 6.45) is 6.59. The summed E-state index contributed by atoms with van der Waals surface area (Å²) in [5.41, 5.74) is 2.08. The first-order valence-corrected chi connectivity index (χ1v) is 9.59. The van der Waals surface area contributed by atoms with Crippen LogP contribution < -0.4 is 10.2 Å². The molecule has 1 heterocycles. The van der Waals surface area contributed by atoms with E-state index in [1.165, 1.54) is 31.4 Å². The van der Waals surface area contributed by atoms with Gasteiger partial charge in [0.25, 0.3) is 0 Å². The minimum Gasteiger partial charge on any atom is -0.380 e. The Bertz CT molecular complexity index is 514. The minimum atomic E-state index is 0.107. The van der Waals surface area contributed by atoms with Gasteiger partial charge in [-0.15, -0.1) is 11.8 Å². The second kappa shape index (κ2) is 8.06. The molecular formula is C18H26N2O2S. The summed E-state index contributed by atoms with van der Waals surface area (Å²) in [4.78, 5) is 14.4. The summed E-state index contributed by atoms with van der Waals surface area (Å²) in [6, 6.07) is 8.15. The molecule has 0 bridgehead atoms. The van der Waals surface area contributed by atoms with Gasteiger partial charge in [0, 0.05) is 36.8 Å². The van der Waals surface area contributed by atoms with Gasteiger partial charge in [-0.2, -0.15) is 0 Å². The van der Waals surface area contributed by atoms with Crippen LogP contribution >= 0.6 is 11.8 Å². The van der Waals surface area contributed by atoms with Crippen LogP contribution in [0.4, 0.5) is 11.4 Å². The fourth-order valence-electron chi connectivity index (χ4n) is 3.36. The lowest BCUT2D eigenvalue weighted by atomic mass is 10.2. The van der Waals surface area contributed by atoms with Crippen molar-refractivity contribution in [2.75, 3.05) is 36.2 Å². The van der Waals surface area contributed by atoms with Crippen molar-refractivity contribution in [2.24, 2.45) is 0 Å². The summed E-state index contributed by atoms with van der Waals surface area (Å²) >= 11 is 1.80. The van der Waals surface area contributed by atoms with E-state index in [0.717, 1.165) is 25.2 Å². The van der Waals surface area contributed by atoms with Crippen LogP contribution in [0.25, 0.3) is 0 Å². The van der Waals surface area contributed by atoms with Crippen molar-refractivity contribution in [1.29, 1.82) is 0 Å². The van der Waals surface area contributed by atoms with Gasteiger partial charge in [0.15, 0.2) is 0 Å². The first kappa shape index (κ1) is 16.7. The summed E-state index contributed by atoms with van der Waals surface area (Å²) in [7, 11) is 1.77. The molecule has 2 aliphatic rings. The fraction of sp³-hybridized carbons (Fsp3) is 0.611. The molecule has 1 aliphatic heterocycles. The number of carbonyl (C=O) groups is 1. The zero-order valence-corrected chi connectivity index (χ0v) is 14.6. The second-order valence-electron chi connectivity index (χ2n) is 6.40. The fourth-order valence-corrected chi connectivity index (χ4v) is 4.48. The van der Waals surface area contributed by atoms with Gasteiger partial charge in [-0.1, -0.05) is 12.8 Å². The van der Waals surface area contributed by atoms with E-state index in [-0.39, 0.29) is 5.91 Å². The summed E-state index contributed by atoms with van der Waals surface area (Å²) < 4.78 is 5.41. The Morgan fingerprint density at radius 1 is 1.26 bits per heavy atom. The molecule has 1 amide bonds. The Labute approximate surface area is 143 Å². The molecule has 1 saturated carbocycles. The monoisotopic (exact) mass is 334 g/mol. The predicted molar refractivity (Wildman–Crippen MR) is 97.4 cm³/mol. The lowest BCUT2D eigenvalue weighted by Crippen LogP contribution is -2.22. The molecule has 0 unspecified atom stereocenters. The topological polar surface area (TPSA) is 41.6 Å². The largest absolute Gasteiger partial charge is 0.380 e. The molecule has 23 heavy (non-hydrogen) atoms. The molecule has 2 fully saturated rings. The number of nitrogens with one attached hydrogen (secondary N) is 1. The molecule has 1 aliphatic carbocycles. The van der Waals surface area contributed by atoms with E-state index in [9.17, 15) is 4.79 Å². The number of thioether (sulfide) groups is 1. The van der Waals surface area contributed by atoms with Crippen molar-refractivity contribution in [2.45, 2.75) is 43.5 Å². The van der Waals surface area contributed by atoms with Gasteiger partial charge < -0.3 is 15.0 Å². The van der Waals surface area contributed by atoms with Crippen molar-refractivity contribution < 1.29 is 9.53 Å². The molecule has 1 aromatic carbocycles. The number of nitrogens with zero attached hydrogens (tertiary/aromatic N) is 1. The van der Waals surface area contributed by atoms with E-state index in [1.54, 1.807) is 18.9 Å². The molecule has 3 rings (SSSR count). The van der Waals surface area contributed by atoms with Gasteiger partial charge in [-0.25, -0.2) is 0 Å². The van der Waals surface area contributed by atoms with Crippen LogP contribution in [0, 0.1) is 0 Å².